The van der Waals surface area contributed by atoms with E-state index >= 15 is 0 Å². The fourth-order valence-corrected chi connectivity index (χ4v) is 6.10. The highest BCUT2D eigenvalue weighted by atomic mass is 19.1. The van der Waals surface area contributed by atoms with Crippen molar-refractivity contribution in [3.8, 4) is 22.4 Å². The molecular formula is C35H35F3N8O. The van der Waals surface area contributed by atoms with Crippen LogP contribution >= 0.6 is 0 Å². The third-order valence-corrected chi connectivity index (χ3v) is 8.46. The summed E-state index contributed by atoms with van der Waals surface area (Å²) >= 11 is 0. The first-order chi connectivity index (χ1) is 22.8. The molecule has 3 aromatic heterocycles. The smallest absolute Gasteiger partial charge is 0.132 e. The van der Waals surface area contributed by atoms with Crippen LogP contribution in [-0.4, -0.2) is 69.5 Å². The number of halogens is 3. The van der Waals surface area contributed by atoms with Crippen LogP contribution in [0.25, 0.3) is 27.9 Å². The van der Waals surface area contributed by atoms with Crippen molar-refractivity contribution in [3.63, 3.8) is 0 Å². The van der Waals surface area contributed by atoms with Crippen molar-refractivity contribution in [2.75, 3.05) is 26.2 Å². The number of aliphatic imine (C=N–C) groups is 2. The van der Waals surface area contributed by atoms with E-state index in [0.29, 0.717) is 19.6 Å². The molecule has 5 aromatic rings. The van der Waals surface area contributed by atoms with Gasteiger partial charge in [0.15, 0.2) is 0 Å². The van der Waals surface area contributed by atoms with Crippen LogP contribution < -0.4 is 11.1 Å². The van der Waals surface area contributed by atoms with E-state index < -0.39 is 17.2 Å². The summed E-state index contributed by atoms with van der Waals surface area (Å²) in [6, 6.07) is 17.7. The maximum absolute atomic E-state index is 14.8. The normalized spacial score (nSPS) is 16.0. The number of pyridine rings is 2. The molecule has 0 unspecified atom stereocenters. The number of β-amino-alcohol motifs (C(OH)–C–C–N with tert-alkyl or cyclic N) is 1. The summed E-state index contributed by atoms with van der Waals surface area (Å²) in [5, 5.41) is 20.1. The number of hydrogen-bond donors (Lipinski definition) is 3. The summed E-state index contributed by atoms with van der Waals surface area (Å²) in [5.74, 6) is -1.85. The molecule has 47 heavy (non-hydrogen) atoms. The van der Waals surface area contributed by atoms with Crippen molar-refractivity contribution in [2.24, 2.45) is 15.7 Å². The highest BCUT2D eigenvalue weighted by Gasteiger charge is 2.35. The second-order valence-electron chi connectivity index (χ2n) is 11.7. The van der Waals surface area contributed by atoms with Gasteiger partial charge in [-0.25, -0.2) is 22.7 Å². The molecule has 1 saturated heterocycles. The number of nitrogens with zero attached hydrogens (tertiary/aromatic N) is 6. The van der Waals surface area contributed by atoms with Crippen LogP contribution in [0.5, 0.6) is 0 Å². The van der Waals surface area contributed by atoms with Crippen LogP contribution in [0.2, 0.25) is 0 Å². The number of nitrogens with two attached hydrogens (primary N) is 1. The Bertz CT molecular complexity index is 1870. The topological polar surface area (TPSA) is 116 Å². The Labute approximate surface area is 270 Å². The van der Waals surface area contributed by atoms with Crippen molar-refractivity contribution in [2.45, 2.75) is 31.0 Å². The predicted octanol–water partition coefficient (Wildman–Crippen LogP) is 4.94. The molecule has 1 fully saturated rings. The number of aliphatic hydroxyl groups is 1. The van der Waals surface area contributed by atoms with Gasteiger partial charge in [0, 0.05) is 60.5 Å². The van der Waals surface area contributed by atoms with E-state index in [1.165, 1.54) is 24.5 Å². The predicted molar refractivity (Wildman–Crippen MR) is 176 cm³/mol. The van der Waals surface area contributed by atoms with E-state index in [2.05, 4.69) is 31.3 Å². The van der Waals surface area contributed by atoms with Crippen LogP contribution in [0, 0.1) is 17.5 Å². The van der Waals surface area contributed by atoms with Gasteiger partial charge in [-0.3, -0.25) is 14.9 Å². The Balaban J connectivity index is 1.13. The van der Waals surface area contributed by atoms with Crippen molar-refractivity contribution in [1.82, 2.24) is 24.8 Å². The molecular weight excluding hydrogens is 605 g/mol. The lowest BCUT2D eigenvalue weighted by atomic mass is 9.91. The zero-order chi connectivity index (χ0) is 32.8. The number of likely N-dealkylation sites (tertiary alicyclic amines) is 1. The number of hydrogen-bond acceptors (Lipinski definition) is 6. The maximum Gasteiger partial charge on any atom is 0.132 e. The largest absolute Gasteiger partial charge is 0.390 e. The average Bonchev–Trinajstić information content (AvgIpc) is 3.46. The van der Waals surface area contributed by atoms with Gasteiger partial charge >= 0.3 is 0 Å². The molecule has 6 rings (SSSR count). The number of benzene rings is 2. The third-order valence-electron chi connectivity index (χ3n) is 8.46. The fourth-order valence-electron chi connectivity index (χ4n) is 6.10. The van der Waals surface area contributed by atoms with Crippen molar-refractivity contribution < 1.29 is 18.3 Å². The summed E-state index contributed by atoms with van der Waals surface area (Å²) < 4.78 is 43.9. The van der Waals surface area contributed by atoms with Gasteiger partial charge in [-0.05, 0) is 85.6 Å². The summed E-state index contributed by atoms with van der Waals surface area (Å²) in [6.07, 6.45) is 9.38. The first-order valence-electron chi connectivity index (χ1n) is 15.4. The molecule has 1 atom stereocenters. The zero-order valence-electron chi connectivity index (χ0n) is 25.6. The molecule has 0 aliphatic carbocycles. The first-order valence-corrected chi connectivity index (χ1v) is 15.4. The van der Waals surface area contributed by atoms with E-state index in [0.717, 1.165) is 64.8 Å². The Morgan fingerprint density at radius 2 is 1.70 bits per heavy atom. The summed E-state index contributed by atoms with van der Waals surface area (Å²) in [4.78, 5) is 14.0. The van der Waals surface area contributed by atoms with E-state index in [4.69, 9.17) is 10.8 Å². The molecule has 9 nitrogen and oxygen atoms in total. The molecule has 1 aliphatic heterocycles. The van der Waals surface area contributed by atoms with Crippen LogP contribution in [0.15, 0.2) is 95.3 Å². The van der Waals surface area contributed by atoms with Gasteiger partial charge in [0.25, 0.3) is 0 Å². The number of rotatable bonds is 11. The van der Waals surface area contributed by atoms with Crippen LogP contribution in [0.1, 0.15) is 24.0 Å². The lowest BCUT2D eigenvalue weighted by Gasteiger charge is -2.38. The van der Waals surface area contributed by atoms with Crippen molar-refractivity contribution in [1.29, 1.82) is 0 Å². The lowest BCUT2D eigenvalue weighted by Crippen LogP contribution is -2.49. The Morgan fingerprint density at radius 1 is 0.957 bits per heavy atom. The van der Waals surface area contributed by atoms with Gasteiger partial charge in [0.2, 0.25) is 0 Å². The zero-order valence-corrected chi connectivity index (χ0v) is 25.6. The van der Waals surface area contributed by atoms with Crippen molar-refractivity contribution >= 4 is 18.2 Å². The fraction of sp³-hybridized carbons (Fsp3) is 0.257. The van der Waals surface area contributed by atoms with Gasteiger partial charge in [0.05, 0.1) is 18.4 Å². The van der Waals surface area contributed by atoms with E-state index in [-0.39, 0.29) is 30.5 Å². The molecule has 4 heterocycles. The Hall–Kier alpha value is -4.91. The van der Waals surface area contributed by atoms with Crippen molar-refractivity contribution in [3.05, 3.63) is 114 Å². The second-order valence-corrected chi connectivity index (χ2v) is 11.7. The molecule has 0 saturated carbocycles. The minimum absolute atomic E-state index is 0.0169. The summed E-state index contributed by atoms with van der Waals surface area (Å²) in [6.45, 7) is 1.92. The molecule has 0 spiro atoms. The number of nitrogens with one attached hydrogen (secondary N) is 1. The highest BCUT2D eigenvalue weighted by Crippen LogP contribution is 2.35. The molecule has 242 valence electrons. The number of piperidine rings is 1. The number of fused-ring (bicyclic) bond motifs is 1. The van der Waals surface area contributed by atoms with Gasteiger partial charge < -0.3 is 16.2 Å². The van der Waals surface area contributed by atoms with Gasteiger partial charge in [-0.15, -0.1) is 0 Å². The number of aromatic nitrogens is 3. The quantitative estimate of drug-likeness (QED) is 0.139. The minimum atomic E-state index is -1.68. The molecule has 12 heteroatoms. The standard InChI is InChI=1S/C35H35F3N8O/c36-27-4-2-26(3-5-27)34-33(25-9-13-40-14-10-25)32-8-1-24(19-46(32)44-34)18-43-29-11-15-45(16-12-29)21-35(47,20-41-23-42-22-39)30-7-6-28(37)17-31(30)38/h1-10,13-14,17,19,22-23,29,43,47H,11-12,15-16,18,20-21H2,(H2,39,41,42)/t35-/m1/s1. The molecule has 2 aromatic carbocycles. The van der Waals surface area contributed by atoms with E-state index in [1.54, 1.807) is 24.5 Å². The molecule has 0 amide bonds. The molecule has 0 bridgehead atoms. The molecule has 1 aliphatic rings. The summed E-state index contributed by atoms with van der Waals surface area (Å²) in [5.41, 5.74) is 9.03. The van der Waals surface area contributed by atoms with Gasteiger partial charge in [-0.2, -0.15) is 5.10 Å². The molecule has 4 N–H and O–H groups in total. The van der Waals surface area contributed by atoms with Crippen LogP contribution in [-0.2, 0) is 12.1 Å². The Morgan fingerprint density at radius 3 is 2.43 bits per heavy atom. The SMILES string of the molecule is NC=NC=NC[C@@](O)(CN1CCC(NCc2ccc3c(-c4ccncc4)c(-c4ccc(F)cc4)nn3c2)CC1)c1ccc(F)cc1F. The highest BCUT2D eigenvalue weighted by molar-refractivity contribution is 5.92. The average molecular weight is 641 g/mol. The Kier molecular flexibility index (Phi) is 9.71. The van der Waals surface area contributed by atoms with Gasteiger partial charge in [0.1, 0.15) is 35.1 Å². The van der Waals surface area contributed by atoms with E-state index in [1.807, 2.05) is 28.9 Å². The maximum atomic E-state index is 14.8. The van der Waals surface area contributed by atoms with Crippen LogP contribution in [0.3, 0.4) is 0 Å². The second kappa shape index (κ2) is 14.2. The summed E-state index contributed by atoms with van der Waals surface area (Å²) in [7, 11) is 0. The van der Waals surface area contributed by atoms with E-state index in [9.17, 15) is 18.3 Å². The van der Waals surface area contributed by atoms with Crippen LogP contribution in [0.4, 0.5) is 13.2 Å². The monoisotopic (exact) mass is 640 g/mol. The molecule has 0 radical (unpaired) electrons. The third kappa shape index (κ3) is 7.40. The van der Waals surface area contributed by atoms with Gasteiger partial charge in [-0.1, -0.05) is 12.1 Å². The lowest BCUT2D eigenvalue weighted by molar-refractivity contribution is -0.00280. The minimum Gasteiger partial charge on any atom is -0.390 e. The first kappa shape index (κ1) is 32.0.